The first-order chi connectivity index (χ1) is 26.2. The zero-order chi connectivity index (χ0) is 41.2. The van der Waals surface area contributed by atoms with Crippen molar-refractivity contribution < 1.29 is 59.1 Å². The summed E-state index contributed by atoms with van der Waals surface area (Å²) in [6.07, 6.45) is 6.59. The monoisotopic (exact) mass is 784 g/mol. The molecule has 2 saturated heterocycles. The van der Waals surface area contributed by atoms with Gasteiger partial charge in [0.15, 0.2) is 11.9 Å². The first kappa shape index (κ1) is 42.2. The normalized spacial score (nSPS) is 46.0. The molecule has 2 bridgehead atoms. The molecule has 6 rings (SSSR count). The third-order valence-electron chi connectivity index (χ3n) is 14.2. The number of aliphatic hydroxyl groups excluding tert-OH is 3. The minimum Gasteiger partial charge on any atom is -0.511 e. The molecule has 6 aliphatic rings. The van der Waals surface area contributed by atoms with Crippen LogP contribution >= 0.6 is 0 Å². The Hall–Kier alpha value is -3.37. The van der Waals surface area contributed by atoms with E-state index in [1.54, 1.807) is 19.9 Å². The summed E-state index contributed by atoms with van der Waals surface area (Å²) < 4.78 is 23.9. The highest BCUT2D eigenvalue weighted by Gasteiger charge is 2.63. The molecule has 15 atom stereocenters. The summed E-state index contributed by atoms with van der Waals surface area (Å²) in [5.74, 6) is -4.16. The Bertz CT molecular complexity index is 1750. The fourth-order valence-corrected chi connectivity index (χ4v) is 11.1. The molecule has 6 N–H and O–H groups in total. The molecule has 3 fully saturated rings. The van der Waals surface area contributed by atoms with E-state index in [9.17, 15) is 40.1 Å². The van der Waals surface area contributed by atoms with Crippen molar-refractivity contribution in [3.63, 3.8) is 0 Å². The van der Waals surface area contributed by atoms with Gasteiger partial charge in [-0.1, -0.05) is 68.9 Å². The fraction of sp³-hybridized carbons (Fsp3) is 0.690. The van der Waals surface area contributed by atoms with Crippen LogP contribution in [0.2, 0.25) is 0 Å². The predicted molar refractivity (Wildman–Crippen MR) is 202 cm³/mol. The number of esters is 1. The number of nitrogens with one attached hydrogen (secondary N) is 1. The first-order valence-corrected chi connectivity index (χ1v) is 19.8. The molecular weight excluding hydrogens is 724 g/mol. The van der Waals surface area contributed by atoms with Gasteiger partial charge in [-0.3, -0.25) is 15.2 Å². The molecule has 0 unspecified atom stereocenters. The van der Waals surface area contributed by atoms with E-state index in [1.807, 2.05) is 58.9 Å². The van der Waals surface area contributed by atoms with Crippen molar-refractivity contribution >= 4 is 17.8 Å². The highest BCUT2D eigenvalue weighted by atomic mass is 16.8. The Morgan fingerprint density at radius 2 is 1.73 bits per heavy atom. The molecule has 1 amide bonds. The van der Waals surface area contributed by atoms with Gasteiger partial charge in [0.25, 0.3) is 0 Å². The number of hydroxylamine groups is 2. The highest BCUT2D eigenvalue weighted by molar-refractivity contribution is 6.26. The fourth-order valence-electron chi connectivity index (χ4n) is 11.1. The van der Waals surface area contributed by atoms with Gasteiger partial charge in [0.2, 0.25) is 5.78 Å². The Morgan fingerprint density at radius 3 is 2.38 bits per heavy atom. The number of ether oxygens (including phenoxy) is 4. The second-order valence-corrected chi connectivity index (χ2v) is 17.7. The summed E-state index contributed by atoms with van der Waals surface area (Å²) >= 11 is 0. The molecule has 0 aromatic rings. The maximum atomic E-state index is 15.0. The third-order valence-corrected chi connectivity index (χ3v) is 14.2. The molecule has 56 heavy (non-hydrogen) atoms. The van der Waals surface area contributed by atoms with Crippen LogP contribution in [0.5, 0.6) is 0 Å². The van der Waals surface area contributed by atoms with Crippen LogP contribution in [0, 0.1) is 46.8 Å². The van der Waals surface area contributed by atoms with Crippen molar-refractivity contribution in [3.8, 4) is 0 Å². The number of allylic oxidation sites excluding steroid dienone is 3. The van der Waals surface area contributed by atoms with Crippen molar-refractivity contribution in [1.29, 1.82) is 0 Å². The number of carbonyl (C=O) groups is 3. The van der Waals surface area contributed by atoms with Gasteiger partial charge < -0.3 is 39.6 Å². The lowest BCUT2D eigenvalue weighted by Crippen LogP contribution is -2.68. The van der Waals surface area contributed by atoms with Gasteiger partial charge in [0.1, 0.15) is 11.3 Å². The molecule has 1 spiro atoms. The van der Waals surface area contributed by atoms with Gasteiger partial charge in [0, 0.05) is 36.0 Å². The number of methoxy groups -OCH3 is 1. The maximum absolute atomic E-state index is 15.0. The van der Waals surface area contributed by atoms with Crippen LogP contribution in [0.15, 0.2) is 58.4 Å². The number of hydrogen-bond donors (Lipinski definition) is 6. The zero-order valence-electron chi connectivity index (χ0n) is 33.9. The van der Waals surface area contributed by atoms with Crippen molar-refractivity contribution in [2.24, 2.45) is 46.8 Å². The number of fused-ring (bicyclic) bond motifs is 4. The summed E-state index contributed by atoms with van der Waals surface area (Å²) in [6, 6.07) is -0.907. The lowest BCUT2D eigenvalue weighted by atomic mass is 9.49. The standard InChI is InChI=1S/C42H60N2O12/c1-20-10-13-30(55-31-18-40(7,44(51)52)35(25(6)54-31)43-39(50)53-9)21(2)15-27-16-26(19-45)24(5)17-42(27)37(48)32(38(49)56-42)36(47)41(8)29(20)12-11-28-33(41)22(3)14-23(4)34(28)46/h10-12,15-16,22-25,27-31,33-35,45-47,51-52H,13-14,17-19H2,1-9H3,(H,43,50)/b20-10+,21-15+,36-32?/t22-,23-,24+,25+,27-,28+,29-,30-,31-,33+,34-,35-,40-,41+,42+/m0/s1. The van der Waals surface area contributed by atoms with E-state index in [4.69, 9.17) is 18.9 Å². The van der Waals surface area contributed by atoms with E-state index in [0.29, 0.717) is 24.0 Å². The highest BCUT2D eigenvalue weighted by Crippen LogP contribution is 2.60. The molecule has 0 aromatic carbocycles. The van der Waals surface area contributed by atoms with Crippen molar-refractivity contribution in [3.05, 3.63) is 58.4 Å². The quantitative estimate of drug-likeness (QED) is 0.0933. The lowest BCUT2D eigenvalue weighted by Gasteiger charge is -2.55. The number of alkyl carbamates (subject to hydrolysis) is 1. The maximum Gasteiger partial charge on any atom is 0.407 e. The van der Waals surface area contributed by atoms with Crippen LogP contribution in [0.4, 0.5) is 4.79 Å². The summed E-state index contributed by atoms with van der Waals surface area (Å²) in [5.41, 5.74) is -2.56. The van der Waals surface area contributed by atoms with Gasteiger partial charge in [-0.2, -0.15) is 0 Å². The third kappa shape index (κ3) is 6.78. The molecule has 2 aliphatic heterocycles. The minimum atomic E-state index is -1.71. The number of amides is 1. The van der Waals surface area contributed by atoms with Gasteiger partial charge in [-0.25, -0.2) is 9.59 Å². The van der Waals surface area contributed by atoms with Gasteiger partial charge in [-0.05, 0) is 75.4 Å². The molecule has 310 valence electrons. The molecule has 4 aliphatic carbocycles. The molecular formula is C42H60N2O12. The van der Waals surface area contributed by atoms with E-state index in [2.05, 4.69) is 12.2 Å². The van der Waals surface area contributed by atoms with E-state index in [1.165, 1.54) is 7.11 Å². The minimum absolute atomic E-state index is 0.00407. The average molecular weight is 785 g/mol. The topological polar surface area (TPSA) is 205 Å². The Morgan fingerprint density at radius 1 is 1.04 bits per heavy atom. The molecule has 2 heterocycles. The first-order valence-electron chi connectivity index (χ1n) is 19.8. The second-order valence-electron chi connectivity index (χ2n) is 17.7. The largest absolute Gasteiger partial charge is 0.511 e. The molecule has 1 saturated carbocycles. The van der Waals surface area contributed by atoms with E-state index in [-0.39, 0.29) is 65.6 Å². The predicted octanol–water partition coefficient (Wildman–Crippen LogP) is 5.08. The van der Waals surface area contributed by atoms with Gasteiger partial charge in [-0.15, -0.1) is 0 Å². The van der Waals surface area contributed by atoms with Crippen molar-refractivity contribution in [2.75, 3.05) is 13.7 Å². The molecule has 14 heteroatoms. The Balaban J connectivity index is 1.50. The number of hydrogen-bond acceptors (Lipinski definition) is 13. The van der Waals surface area contributed by atoms with Crippen molar-refractivity contribution in [1.82, 2.24) is 10.5 Å². The summed E-state index contributed by atoms with van der Waals surface area (Å²) in [5, 5.41) is 58.0. The van der Waals surface area contributed by atoms with Crippen LogP contribution in [0.25, 0.3) is 0 Å². The average Bonchev–Trinajstić information content (AvgIpc) is 3.38. The van der Waals surface area contributed by atoms with Crippen LogP contribution in [0.1, 0.15) is 81.1 Å². The van der Waals surface area contributed by atoms with E-state index in [0.717, 1.165) is 5.57 Å². The zero-order valence-corrected chi connectivity index (χ0v) is 33.9. The number of carbonyl (C=O) groups excluding carboxylic acids is 3. The number of nitrogens with zero attached hydrogens (tertiary/aromatic N) is 1. The van der Waals surface area contributed by atoms with Gasteiger partial charge in [0.05, 0.1) is 43.6 Å². The summed E-state index contributed by atoms with van der Waals surface area (Å²) in [4.78, 5) is 41.3. The summed E-state index contributed by atoms with van der Waals surface area (Å²) in [7, 11) is 1.20. The van der Waals surface area contributed by atoms with Crippen molar-refractivity contribution in [2.45, 2.75) is 123 Å². The van der Waals surface area contributed by atoms with Crippen LogP contribution in [0.3, 0.4) is 0 Å². The number of Topliss-reactive ketones (excluding diaryl/α,β-unsaturated/α-hetero) is 1. The number of rotatable bonds is 5. The SMILES string of the molecule is COC(=O)N[C@H]1[C@@H](C)O[C@@H](O[C@H]2C/C=C(\C)[C@@H]3C=C[C@H]4[C@@H](O)[C@@H](C)C[C@H](C)[C@H]4[C@]3(C)C(O)=C3C(=O)O[C@@]4(C[C@@H](C)C(CO)=C[C@@H]4/C=C/2C)C3=O)C[C@]1(C)N(O)O. The Labute approximate surface area is 328 Å². The lowest BCUT2D eigenvalue weighted by molar-refractivity contribution is -0.390. The number of ketones is 1. The molecule has 14 nitrogen and oxygen atoms in total. The second kappa shape index (κ2) is 15.4. The molecule has 0 radical (unpaired) electrons. The Kier molecular flexibility index (Phi) is 11.6. The molecule has 0 aromatic heterocycles. The van der Waals surface area contributed by atoms with Crippen LogP contribution in [-0.4, -0.2) is 104 Å². The van der Waals surface area contributed by atoms with E-state index < -0.39 is 76.9 Å². The van der Waals surface area contributed by atoms with E-state index >= 15 is 0 Å². The smallest absolute Gasteiger partial charge is 0.407 e. The van der Waals surface area contributed by atoms with Crippen LogP contribution in [-0.2, 0) is 28.5 Å². The van der Waals surface area contributed by atoms with Gasteiger partial charge >= 0.3 is 12.1 Å². The van der Waals surface area contributed by atoms with Crippen LogP contribution < -0.4 is 5.32 Å². The number of aliphatic hydroxyl groups is 3. The summed E-state index contributed by atoms with van der Waals surface area (Å²) in [6.45, 7) is 14.6.